The zero-order valence-corrected chi connectivity index (χ0v) is 15.6. The quantitative estimate of drug-likeness (QED) is 0.516. The maximum Gasteiger partial charge on any atom is 0.418 e. The van der Waals surface area contributed by atoms with Gasteiger partial charge in [0.05, 0.1) is 27.5 Å². The van der Waals surface area contributed by atoms with Crippen molar-refractivity contribution in [1.29, 1.82) is 0 Å². The molecule has 3 nitrogen and oxygen atoms in total. The molecule has 3 aromatic rings. The number of aryl methyl sites for hydroxylation is 1. The van der Waals surface area contributed by atoms with Crippen LogP contribution in [-0.4, -0.2) is 10.5 Å². The average Bonchev–Trinajstić information content (AvgIpc) is 2.92. The van der Waals surface area contributed by atoms with Crippen molar-refractivity contribution in [3.63, 3.8) is 0 Å². The molecule has 0 fully saturated rings. The zero-order valence-electron chi connectivity index (χ0n) is 14.9. The van der Waals surface area contributed by atoms with Crippen LogP contribution in [0.5, 0.6) is 0 Å². The van der Waals surface area contributed by atoms with E-state index in [-0.39, 0.29) is 22.0 Å². The van der Waals surface area contributed by atoms with E-state index >= 15 is 0 Å². The van der Waals surface area contributed by atoms with Crippen LogP contribution < -0.4 is 5.32 Å². The highest BCUT2D eigenvalue weighted by Crippen LogP contribution is 2.35. The monoisotopic (exact) mass is 410 g/mol. The number of nitrogens with one attached hydrogen (secondary N) is 1. The van der Waals surface area contributed by atoms with Crippen LogP contribution in [0.1, 0.15) is 27.3 Å². The van der Waals surface area contributed by atoms with Gasteiger partial charge in [-0.15, -0.1) is 0 Å². The van der Waals surface area contributed by atoms with Crippen molar-refractivity contribution >= 4 is 23.2 Å². The van der Waals surface area contributed by atoms with E-state index in [4.69, 9.17) is 11.6 Å². The third-order valence-corrected chi connectivity index (χ3v) is 4.63. The van der Waals surface area contributed by atoms with Gasteiger partial charge in [-0.25, -0.2) is 4.39 Å². The van der Waals surface area contributed by atoms with Crippen LogP contribution in [0.15, 0.2) is 48.5 Å². The summed E-state index contributed by atoms with van der Waals surface area (Å²) >= 11 is 5.96. The predicted octanol–water partition coefficient (Wildman–Crippen LogP) is 6.16. The SMILES string of the molecule is Cc1cc(C(=O)Nc2cc(F)ccc2Cl)c(C)n1-c1ccccc1C(F)(F)F. The van der Waals surface area contributed by atoms with Crippen molar-refractivity contribution in [2.45, 2.75) is 20.0 Å². The molecule has 1 N–H and O–H groups in total. The first-order chi connectivity index (χ1) is 13.1. The smallest absolute Gasteiger partial charge is 0.320 e. The van der Waals surface area contributed by atoms with Crippen LogP contribution in [0.3, 0.4) is 0 Å². The number of carbonyl (C=O) groups excluding carboxylic acids is 1. The molecule has 0 atom stereocenters. The van der Waals surface area contributed by atoms with Crippen LogP contribution in [0.25, 0.3) is 5.69 Å². The van der Waals surface area contributed by atoms with Crippen molar-refractivity contribution in [1.82, 2.24) is 4.57 Å². The number of nitrogens with zero attached hydrogens (tertiary/aromatic N) is 1. The summed E-state index contributed by atoms with van der Waals surface area (Å²) in [5, 5.41) is 2.64. The summed E-state index contributed by atoms with van der Waals surface area (Å²) < 4.78 is 54.9. The van der Waals surface area contributed by atoms with E-state index in [2.05, 4.69) is 5.32 Å². The second-order valence-electron chi connectivity index (χ2n) is 6.21. The molecule has 3 rings (SSSR count). The van der Waals surface area contributed by atoms with E-state index in [1.54, 1.807) is 13.8 Å². The highest BCUT2D eigenvalue weighted by molar-refractivity contribution is 6.33. The van der Waals surface area contributed by atoms with Gasteiger partial charge < -0.3 is 9.88 Å². The molecule has 28 heavy (non-hydrogen) atoms. The van der Waals surface area contributed by atoms with E-state index in [9.17, 15) is 22.4 Å². The minimum atomic E-state index is -4.54. The van der Waals surface area contributed by atoms with Crippen LogP contribution in [0.4, 0.5) is 23.2 Å². The Morgan fingerprint density at radius 2 is 1.75 bits per heavy atom. The normalized spacial score (nSPS) is 11.5. The molecule has 0 saturated carbocycles. The molecular weight excluding hydrogens is 396 g/mol. The molecule has 1 heterocycles. The largest absolute Gasteiger partial charge is 0.418 e. The number of halogens is 5. The number of alkyl halides is 3. The Morgan fingerprint density at radius 3 is 2.43 bits per heavy atom. The molecule has 0 spiro atoms. The zero-order chi connectivity index (χ0) is 20.6. The molecule has 0 radical (unpaired) electrons. The molecular formula is C20H15ClF4N2O. The summed E-state index contributed by atoms with van der Waals surface area (Å²) in [7, 11) is 0. The Kier molecular flexibility index (Phi) is 5.21. The van der Waals surface area contributed by atoms with Gasteiger partial charge in [0, 0.05) is 11.4 Å². The van der Waals surface area contributed by atoms with Crippen LogP contribution in [0, 0.1) is 19.7 Å². The standard InChI is InChI=1S/C20H15ClF4N2O/c1-11-9-14(19(28)26-17-10-13(22)7-8-16(17)21)12(2)27(11)18-6-4-3-5-15(18)20(23,24)25/h3-10H,1-2H3,(H,26,28). The number of aromatic nitrogens is 1. The second-order valence-corrected chi connectivity index (χ2v) is 6.62. The van der Waals surface area contributed by atoms with Gasteiger partial charge in [-0.05, 0) is 50.2 Å². The molecule has 1 aromatic heterocycles. The summed E-state index contributed by atoms with van der Waals surface area (Å²) in [6.07, 6.45) is -4.54. The number of para-hydroxylation sites is 1. The van der Waals surface area contributed by atoms with Crippen molar-refractivity contribution in [2.24, 2.45) is 0 Å². The minimum Gasteiger partial charge on any atom is -0.320 e. The topological polar surface area (TPSA) is 34.0 Å². The lowest BCUT2D eigenvalue weighted by Crippen LogP contribution is -2.15. The summed E-state index contributed by atoms with van der Waals surface area (Å²) in [6, 6.07) is 10.1. The fourth-order valence-corrected chi connectivity index (χ4v) is 3.22. The lowest BCUT2D eigenvalue weighted by atomic mass is 10.1. The van der Waals surface area contributed by atoms with Gasteiger partial charge in [-0.2, -0.15) is 13.2 Å². The highest BCUT2D eigenvalue weighted by atomic mass is 35.5. The molecule has 0 saturated heterocycles. The van der Waals surface area contributed by atoms with Gasteiger partial charge in [-0.3, -0.25) is 4.79 Å². The highest BCUT2D eigenvalue weighted by Gasteiger charge is 2.34. The van der Waals surface area contributed by atoms with Crippen LogP contribution in [-0.2, 0) is 6.18 Å². The van der Waals surface area contributed by atoms with Crippen molar-refractivity contribution < 1.29 is 22.4 Å². The third kappa shape index (κ3) is 3.75. The first kappa shape index (κ1) is 19.9. The Labute approximate surface area is 163 Å². The molecule has 146 valence electrons. The lowest BCUT2D eigenvalue weighted by molar-refractivity contribution is -0.137. The molecule has 0 unspecified atom stereocenters. The summed E-state index contributed by atoms with van der Waals surface area (Å²) in [4.78, 5) is 12.6. The van der Waals surface area contributed by atoms with Crippen molar-refractivity contribution in [3.8, 4) is 5.69 Å². The first-order valence-electron chi connectivity index (χ1n) is 8.21. The van der Waals surface area contributed by atoms with E-state index < -0.39 is 23.5 Å². The molecule has 0 aliphatic heterocycles. The molecule has 0 bridgehead atoms. The summed E-state index contributed by atoms with van der Waals surface area (Å²) in [5.41, 5.74) is 0.121. The number of benzene rings is 2. The number of rotatable bonds is 3. The Hall–Kier alpha value is -2.80. The van der Waals surface area contributed by atoms with E-state index in [1.165, 1.54) is 34.9 Å². The van der Waals surface area contributed by atoms with E-state index in [0.29, 0.717) is 11.4 Å². The maximum atomic E-state index is 13.4. The molecule has 2 aromatic carbocycles. The number of hydrogen-bond acceptors (Lipinski definition) is 1. The number of amides is 1. The predicted molar refractivity (Wildman–Crippen MR) is 99.6 cm³/mol. The molecule has 8 heteroatoms. The number of anilines is 1. The molecule has 1 amide bonds. The first-order valence-corrected chi connectivity index (χ1v) is 8.59. The summed E-state index contributed by atoms with van der Waals surface area (Å²) in [6.45, 7) is 3.15. The molecule has 0 aliphatic rings. The van der Waals surface area contributed by atoms with Crippen molar-refractivity contribution in [2.75, 3.05) is 5.32 Å². The van der Waals surface area contributed by atoms with Gasteiger partial charge in [0.2, 0.25) is 0 Å². The van der Waals surface area contributed by atoms with E-state index in [0.717, 1.165) is 18.2 Å². The average molecular weight is 411 g/mol. The Balaban J connectivity index is 2.04. The maximum absolute atomic E-state index is 13.4. The Morgan fingerprint density at radius 1 is 1.07 bits per heavy atom. The third-order valence-electron chi connectivity index (χ3n) is 4.30. The van der Waals surface area contributed by atoms with Crippen molar-refractivity contribution in [3.05, 3.63) is 81.9 Å². The molecule has 0 aliphatic carbocycles. The number of carbonyl (C=O) groups is 1. The fraction of sp³-hybridized carbons (Fsp3) is 0.150. The number of hydrogen-bond donors (Lipinski definition) is 1. The lowest BCUT2D eigenvalue weighted by Gasteiger charge is -2.17. The minimum absolute atomic E-state index is 0.0761. The fourth-order valence-electron chi connectivity index (χ4n) is 3.05. The van der Waals surface area contributed by atoms with Gasteiger partial charge in [-0.1, -0.05) is 23.7 Å². The van der Waals surface area contributed by atoms with Crippen LogP contribution in [0.2, 0.25) is 5.02 Å². The second kappa shape index (κ2) is 7.31. The van der Waals surface area contributed by atoms with Gasteiger partial charge in [0.1, 0.15) is 5.82 Å². The van der Waals surface area contributed by atoms with Gasteiger partial charge in [0.25, 0.3) is 5.91 Å². The van der Waals surface area contributed by atoms with Gasteiger partial charge >= 0.3 is 6.18 Å². The Bertz CT molecular complexity index is 1060. The van der Waals surface area contributed by atoms with Gasteiger partial charge in [0.15, 0.2) is 0 Å². The summed E-state index contributed by atoms with van der Waals surface area (Å²) in [5.74, 6) is -1.18. The van der Waals surface area contributed by atoms with Crippen LogP contribution >= 0.6 is 11.6 Å². The van der Waals surface area contributed by atoms with E-state index in [1.807, 2.05) is 0 Å².